The maximum absolute atomic E-state index is 12.6. The molecule has 0 aliphatic rings. The number of ether oxygens (including phenoxy) is 1. The number of hydrogen-bond acceptors (Lipinski definition) is 5. The number of hydrogen-bond donors (Lipinski definition) is 1. The Morgan fingerprint density at radius 2 is 1.33 bits per heavy atom. The number of benzene rings is 3. The maximum atomic E-state index is 12.6. The average molecular weight is 403 g/mol. The minimum Gasteiger partial charge on any atom is -0.455 e. The highest BCUT2D eigenvalue weighted by Crippen LogP contribution is 2.33. The Morgan fingerprint density at radius 1 is 0.741 bits per heavy atom. The van der Waals surface area contributed by atoms with Crippen molar-refractivity contribution in [2.45, 2.75) is 9.79 Å². The Labute approximate surface area is 158 Å². The molecule has 8 heteroatoms. The average Bonchev–Trinajstić information content (AvgIpc) is 2.64. The van der Waals surface area contributed by atoms with E-state index in [1.807, 2.05) is 0 Å². The fourth-order valence-electron chi connectivity index (χ4n) is 2.32. The van der Waals surface area contributed by atoms with Crippen LogP contribution in [0.25, 0.3) is 0 Å². The van der Waals surface area contributed by atoms with E-state index in [1.165, 1.54) is 30.3 Å². The van der Waals surface area contributed by atoms with Crippen molar-refractivity contribution in [3.8, 4) is 11.5 Å². The first-order chi connectivity index (χ1) is 12.8. The van der Waals surface area contributed by atoms with E-state index >= 15 is 0 Å². The second-order valence-electron chi connectivity index (χ2n) is 5.76. The van der Waals surface area contributed by atoms with Crippen molar-refractivity contribution in [3.05, 3.63) is 78.9 Å². The Bertz CT molecular complexity index is 1140. The molecule has 0 bridgehead atoms. The molecular weight excluding hydrogens is 386 g/mol. The molecule has 0 amide bonds. The minimum absolute atomic E-state index is 0.0242. The quantitative estimate of drug-likeness (QED) is 0.678. The summed E-state index contributed by atoms with van der Waals surface area (Å²) in [5, 5.41) is 0. The lowest BCUT2D eigenvalue weighted by Gasteiger charge is -2.14. The van der Waals surface area contributed by atoms with Gasteiger partial charge in [0.15, 0.2) is 15.6 Å². The van der Waals surface area contributed by atoms with Crippen LogP contribution in [0.15, 0.2) is 88.7 Å². The third kappa shape index (κ3) is 4.66. The molecular formula is C19H17NO5S2. The van der Waals surface area contributed by atoms with Crippen LogP contribution < -0.4 is 9.46 Å². The standard InChI is InChI=1S/C19H17NO5S2/c1-26(21,22)17-12-13-18(19(14-17)25-15-8-4-2-5-9-15)20-27(23,24)16-10-6-3-7-11-16/h2-14,20H,1H3. The Kier molecular flexibility index (Phi) is 5.20. The first-order valence-electron chi connectivity index (χ1n) is 7.90. The molecule has 0 radical (unpaired) electrons. The molecule has 3 rings (SSSR count). The molecule has 0 fully saturated rings. The molecule has 0 aromatic heterocycles. The van der Waals surface area contributed by atoms with E-state index in [-0.39, 0.29) is 21.2 Å². The second kappa shape index (κ2) is 7.42. The molecule has 0 heterocycles. The first-order valence-corrected chi connectivity index (χ1v) is 11.3. The molecule has 140 valence electrons. The number of sulfone groups is 1. The fourth-order valence-corrected chi connectivity index (χ4v) is 4.05. The van der Waals surface area contributed by atoms with E-state index in [9.17, 15) is 16.8 Å². The summed E-state index contributed by atoms with van der Waals surface area (Å²) in [7, 11) is -7.34. The summed E-state index contributed by atoms with van der Waals surface area (Å²) in [6, 6.07) is 20.5. The number of para-hydroxylation sites is 1. The van der Waals surface area contributed by atoms with Gasteiger partial charge < -0.3 is 4.74 Å². The van der Waals surface area contributed by atoms with E-state index in [0.29, 0.717) is 5.75 Å². The van der Waals surface area contributed by atoms with Crippen molar-refractivity contribution in [1.82, 2.24) is 0 Å². The van der Waals surface area contributed by atoms with Gasteiger partial charge in [-0.2, -0.15) is 0 Å². The lowest BCUT2D eigenvalue weighted by molar-refractivity contribution is 0.483. The molecule has 27 heavy (non-hydrogen) atoms. The van der Waals surface area contributed by atoms with E-state index in [1.54, 1.807) is 48.5 Å². The summed E-state index contributed by atoms with van der Waals surface area (Å²) in [5.41, 5.74) is 0.134. The van der Waals surface area contributed by atoms with Crippen LogP contribution in [0.1, 0.15) is 0 Å². The van der Waals surface area contributed by atoms with E-state index in [4.69, 9.17) is 4.74 Å². The van der Waals surface area contributed by atoms with Crippen LogP contribution in [0.5, 0.6) is 11.5 Å². The summed E-state index contributed by atoms with van der Waals surface area (Å²) in [4.78, 5) is 0.110. The highest BCUT2D eigenvalue weighted by Gasteiger charge is 2.19. The van der Waals surface area contributed by atoms with Crippen LogP contribution in [0.4, 0.5) is 5.69 Å². The highest BCUT2D eigenvalue weighted by molar-refractivity contribution is 7.92. The van der Waals surface area contributed by atoms with Gasteiger partial charge in [-0.3, -0.25) is 4.72 Å². The van der Waals surface area contributed by atoms with Crippen molar-refractivity contribution >= 4 is 25.5 Å². The van der Waals surface area contributed by atoms with Crippen LogP contribution in [-0.2, 0) is 19.9 Å². The van der Waals surface area contributed by atoms with E-state index in [0.717, 1.165) is 6.26 Å². The third-order valence-electron chi connectivity index (χ3n) is 3.65. The molecule has 3 aromatic carbocycles. The topological polar surface area (TPSA) is 89.5 Å². The minimum atomic E-state index is -3.86. The second-order valence-corrected chi connectivity index (χ2v) is 9.46. The smallest absolute Gasteiger partial charge is 0.262 e. The Morgan fingerprint density at radius 3 is 1.93 bits per heavy atom. The Balaban J connectivity index is 2.04. The van der Waals surface area contributed by atoms with Crippen LogP contribution in [0.2, 0.25) is 0 Å². The molecule has 0 atom stereocenters. The summed E-state index contributed by atoms with van der Waals surface area (Å²) in [6.07, 6.45) is 1.07. The van der Waals surface area contributed by atoms with Crippen molar-refractivity contribution < 1.29 is 21.6 Å². The van der Waals surface area contributed by atoms with Crippen molar-refractivity contribution in [3.63, 3.8) is 0 Å². The van der Waals surface area contributed by atoms with Crippen molar-refractivity contribution in [2.24, 2.45) is 0 Å². The van der Waals surface area contributed by atoms with Gasteiger partial charge in [-0.1, -0.05) is 36.4 Å². The van der Waals surface area contributed by atoms with Crippen LogP contribution in [0.3, 0.4) is 0 Å². The molecule has 0 spiro atoms. The molecule has 0 saturated heterocycles. The molecule has 0 unspecified atom stereocenters. The highest BCUT2D eigenvalue weighted by atomic mass is 32.2. The van der Waals surface area contributed by atoms with Crippen LogP contribution >= 0.6 is 0 Å². The monoisotopic (exact) mass is 403 g/mol. The van der Waals surface area contributed by atoms with Gasteiger partial charge in [0.1, 0.15) is 5.75 Å². The molecule has 0 aliphatic carbocycles. The largest absolute Gasteiger partial charge is 0.455 e. The van der Waals surface area contributed by atoms with Gasteiger partial charge in [-0.15, -0.1) is 0 Å². The van der Waals surface area contributed by atoms with Gasteiger partial charge in [0, 0.05) is 12.3 Å². The summed E-state index contributed by atoms with van der Waals surface area (Å²) >= 11 is 0. The zero-order chi connectivity index (χ0) is 19.5. The van der Waals surface area contributed by atoms with Crippen LogP contribution in [0, 0.1) is 0 Å². The summed E-state index contributed by atoms with van der Waals surface area (Å²) in [5.74, 6) is 0.534. The number of rotatable bonds is 6. The molecule has 0 saturated carbocycles. The lowest BCUT2D eigenvalue weighted by atomic mass is 10.3. The summed E-state index contributed by atoms with van der Waals surface area (Å²) in [6.45, 7) is 0. The van der Waals surface area contributed by atoms with E-state index < -0.39 is 19.9 Å². The SMILES string of the molecule is CS(=O)(=O)c1ccc(NS(=O)(=O)c2ccccc2)c(Oc2ccccc2)c1. The van der Waals surface area contributed by atoms with Crippen LogP contribution in [-0.4, -0.2) is 23.1 Å². The number of sulfonamides is 1. The number of nitrogens with one attached hydrogen (secondary N) is 1. The first kappa shape index (κ1) is 18.9. The van der Waals surface area contributed by atoms with Gasteiger partial charge in [-0.25, -0.2) is 16.8 Å². The van der Waals surface area contributed by atoms with Gasteiger partial charge in [-0.05, 0) is 36.4 Å². The lowest BCUT2D eigenvalue weighted by Crippen LogP contribution is -2.13. The van der Waals surface area contributed by atoms with Crippen molar-refractivity contribution in [1.29, 1.82) is 0 Å². The summed E-state index contributed by atoms with van der Waals surface area (Å²) < 4.78 is 57.1. The Hall–Kier alpha value is -2.84. The predicted molar refractivity (Wildman–Crippen MR) is 103 cm³/mol. The zero-order valence-electron chi connectivity index (χ0n) is 14.4. The van der Waals surface area contributed by atoms with Gasteiger partial charge >= 0.3 is 0 Å². The maximum Gasteiger partial charge on any atom is 0.262 e. The molecule has 6 nitrogen and oxygen atoms in total. The molecule has 1 N–H and O–H groups in total. The van der Waals surface area contributed by atoms with Gasteiger partial charge in [0.2, 0.25) is 0 Å². The third-order valence-corrected chi connectivity index (χ3v) is 6.14. The normalized spacial score (nSPS) is 11.7. The molecule has 3 aromatic rings. The van der Waals surface area contributed by atoms with Crippen molar-refractivity contribution in [2.75, 3.05) is 11.0 Å². The zero-order valence-corrected chi connectivity index (χ0v) is 16.0. The van der Waals surface area contributed by atoms with E-state index in [2.05, 4.69) is 4.72 Å². The molecule has 0 aliphatic heterocycles. The van der Waals surface area contributed by atoms with Gasteiger partial charge in [0.25, 0.3) is 10.0 Å². The predicted octanol–water partition coefficient (Wildman–Crippen LogP) is 3.68. The fraction of sp³-hybridized carbons (Fsp3) is 0.0526. The van der Waals surface area contributed by atoms with Gasteiger partial charge in [0.05, 0.1) is 15.5 Å². The number of anilines is 1.